The minimum atomic E-state index is -0.259. The molecule has 2 aromatic carbocycles. The summed E-state index contributed by atoms with van der Waals surface area (Å²) in [6.07, 6.45) is 0. The van der Waals surface area contributed by atoms with Crippen molar-refractivity contribution in [2.45, 2.75) is 6.92 Å². The van der Waals surface area contributed by atoms with Crippen molar-refractivity contribution in [2.24, 2.45) is 5.10 Å². The van der Waals surface area contributed by atoms with Crippen LogP contribution in [0.3, 0.4) is 0 Å². The standard InChI is InChI=1S/C17H17Cl2N3O2/c1-11(12-3-8-15(18)16(19)9-12)21-22-17(23)10-20-13-4-6-14(24-2)7-5-13/h3-9,20H,10H2,1-2H3,(H,22,23)/b21-11-. The van der Waals surface area contributed by atoms with Gasteiger partial charge in [0.25, 0.3) is 5.91 Å². The van der Waals surface area contributed by atoms with Crippen LogP contribution in [0.2, 0.25) is 10.0 Å². The summed E-state index contributed by atoms with van der Waals surface area (Å²) in [5.41, 5.74) is 4.73. The van der Waals surface area contributed by atoms with E-state index in [1.165, 1.54) is 0 Å². The number of ether oxygens (including phenoxy) is 1. The number of hydrogen-bond acceptors (Lipinski definition) is 4. The first-order chi connectivity index (χ1) is 11.5. The van der Waals surface area contributed by atoms with Crippen LogP contribution >= 0.6 is 23.2 Å². The van der Waals surface area contributed by atoms with Gasteiger partial charge in [0.1, 0.15) is 5.75 Å². The van der Waals surface area contributed by atoms with E-state index in [-0.39, 0.29) is 12.5 Å². The summed E-state index contributed by atoms with van der Waals surface area (Å²) in [6, 6.07) is 12.5. The Bertz CT molecular complexity index is 746. The second kappa shape index (κ2) is 8.57. The van der Waals surface area contributed by atoms with Crippen LogP contribution < -0.4 is 15.5 Å². The molecule has 2 rings (SSSR count). The van der Waals surface area contributed by atoms with Crippen molar-refractivity contribution in [3.63, 3.8) is 0 Å². The molecule has 0 aliphatic heterocycles. The van der Waals surface area contributed by atoms with E-state index in [1.54, 1.807) is 32.2 Å². The molecule has 1 amide bonds. The van der Waals surface area contributed by atoms with Gasteiger partial charge in [-0.25, -0.2) is 5.43 Å². The molecule has 0 saturated carbocycles. The highest BCUT2D eigenvalue weighted by Gasteiger charge is 2.04. The summed E-state index contributed by atoms with van der Waals surface area (Å²) in [5.74, 6) is 0.497. The fourth-order valence-corrected chi connectivity index (χ4v) is 2.16. The first-order valence-electron chi connectivity index (χ1n) is 7.16. The van der Waals surface area contributed by atoms with Crippen LogP contribution in [0.25, 0.3) is 0 Å². The van der Waals surface area contributed by atoms with E-state index in [0.29, 0.717) is 15.8 Å². The van der Waals surface area contributed by atoms with E-state index in [0.717, 1.165) is 17.0 Å². The van der Waals surface area contributed by atoms with Crippen molar-refractivity contribution in [3.8, 4) is 5.75 Å². The quantitative estimate of drug-likeness (QED) is 0.601. The lowest BCUT2D eigenvalue weighted by Gasteiger charge is -2.07. The summed E-state index contributed by atoms with van der Waals surface area (Å²) in [5, 5.41) is 7.97. The summed E-state index contributed by atoms with van der Waals surface area (Å²) in [4.78, 5) is 11.8. The zero-order valence-corrected chi connectivity index (χ0v) is 14.8. The van der Waals surface area contributed by atoms with Crippen LogP contribution in [0.1, 0.15) is 12.5 Å². The molecule has 0 heterocycles. The third-order valence-electron chi connectivity index (χ3n) is 3.23. The van der Waals surface area contributed by atoms with E-state index in [1.807, 2.05) is 24.3 Å². The fraction of sp³-hybridized carbons (Fsp3) is 0.176. The molecule has 0 unspecified atom stereocenters. The zero-order valence-electron chi connectivity index (χ0n) is 13.3. The average Bonchev–Trinajstić information content (AvgIpc) is 2.60. The maximum atomic E-state index is 11.8. The Morgan fingerprint density at radius 2 is 1.83 bits per heavy atom. The molecule has 0 bridgehead atoms. The summed E-state index contributed by atoms with van der Waals surface area (Å²) < 4.78 is 5.07. The second-order valence-electron chi connectivity index (χ2n) is 4.94. The van der Waals surface area contributed by atoms with E-state index in [9.17, 15) is 4.79 Å². The van der Waals surface area contributed by atoms with E-state index in [4.69, 9.17) is 27.9 Å². The highest BCUT2D eigenvalue weighted by Crippen LogP contribution is 2.22. The lowest BCUT2D eigenvalue weighted by molar-refractivity contribution is -0.119. The smallest absolute Gasteiger partial charge is 0.259 e. The predicted octanol–water partition coefficient (Wildman–Crippen LogP) is 3.95. The van der Waals surface area contributed by atoms with Crippen molar-refractivity contribution in [1.82, 2.24) is 5.43 Å². The molecule has 0 radical (unpaired) electrons. The largest absolute Gasteiger partial charge is 0.497 e. The van der Waals surface area contributed by atoms with Gasteiger partial charge in [0.2, 0.25) is 0 Å². The summed E-state index contributed by atoms with van der Waals surface area (Å²) >= 11 is 11.8. The Hall–Kier alpha value is -2.24. The zero-order chi connectivity index (χ0) is 17.5. The molecular formula is C17H17Cl2N3O2. The molecular weight excluding hydrogens is 349 g/mol. The topological polar surface area (TPSA) is 62.7 Å². The molecule has 0 saturated heterocycles. The lowest BCUT2D eigenvalue weighted by Crippen LogP contribution is -2.26. The highest BCUT2D eigenvalue weighted by molar-refractivity contribution is 6.42. The van der Waals surface area contributed by atoms with E-state index < -0.39 is 0 Å². The minimum Gasteiger partial charge on any atom is -0.497 e. The average molecular weight is 366 g/mol. The molecule has 0 spiro atoms. The number of carbonyl (C=O) groups excluding carboxylic acids is 1. The summed E-state index contributed by atoms with van der Waals surface area (Å²) in [6.45, 7) is 1.88. The monoisotopic (exact) mass is 365 g/mol. The molecule has 7 heteroatoms. The van der Waals surface area contributed by atoms with Crippen LogP contribution in [-0.4, -0.2) is 25.3 Å². The minimum absolute atomic E-state index is 0.102. The Morgan fingerprint density at radius 3 is 2.46 bits per heavy atom. The number of methoxy groups -OCH3 is 1. The number of hydrogen-bond donors (Lipinski definition) is 2. The Balaban J connectivity index is 1.87. The van der Waals surface area contributed by atoms with Gasteiger partial charge < -0.3 is 10.1 Å². The molecule has 0 aromatic heterocycles. The van der Waals surface area contributed by atoms with Gasteiger partial charge in [0.15, 0.2) is 0 Å². The number of nitrogens with zero attached hydrogens (tertiary/aromatic N) is 1. The van der Waals surface area contributed by atoms with Crippen LogP contribution in [0, 0.1) is 0 Å². The van der Waals surface area contributed by atoms with Gasteiger partial charge in [0, 0.05) is 5.69 Å². The molecule has 24 heavy (non-hydrogen) atoms. The lowest BCUT2D eigenvalue weighted by atomic mass is 10.1. The maximum absolute atomic E-state index is 11.8. The van der Waals surface area contributed by atoms with Crippen LogP contribution in [0.4, 0.5) is 5.69 Å². The predicted molar refractivity (Wildman–Crippen MR) is 98.3 cm³/mol. The van der Waals surface area contributed by atoms with Crippen LogP contribution in [0.5, 0.6) is 5.75 Å². The molecule has 0 atom stereocenters. The van der Waals surface area contributed by atoms with Crippen molar-refractivity contribution < 1.29 is 9.53 Å². The number of nitrogens with one attached hydrogen (secondary N) is 2. The van der Waals surface area contributed by atoms with Gasteiger partial charge in [-0.15, -0.1) is 0 Å². The molecule has 0 fully saturated rings. The van der Waals surface area contributed by atoms with Crippen LogP contribution in [-0.2, 0) is 4.79 Å². The number of carbonyl (C=O) groups is 1. The fourth-order valence-electron chi connectivity index (χ4n) is 1.86. The molecule has 126 valence electrons. The Morgan fingerprint density at radius 1 is 1.12 bits per heavy atom. The van der Waals surface area contributed by atoms with Crippen molar-refractivity contribution >= 4 is 40.5 Å². The number of amides is 1. The van der Waals surface area contributed by atoms with Gasteiger partial charge in [-0.05, 0) is 48.9 Å². The Labute approximate surface area is 150 Å². The maximum Gasteiger partial charge on any atom is 0.259 e. The molecule has 2 aromatic rings. The van der Waals surface area contributed by atoms with Gasteiger partial charge in [-0.3, -0.25) is 4.79 Å². The van der Waals surface area contributed by atoms with Gasteiger partial charge >= 0.3 is 0 Å². The molecule has 2 N–H and O–H groups in total. The molecule has 0 aliphatic rings. The first kappa shape index (κ1) is 18.1. The van der Waals surface area contributed by atoms with Gasteiger partial charge in [0.05, 0.1) is 29.4 Å². The van der Waals surface area contributed by atoms with Crippen molar-refractivity contribution in [1.29, 1.82) is 0 Å². The van der Waals surface area contributed by atoms with E-state index >= 15 is 0 Å². The van der Waals surface area contributed by atoms with Crippen LogP contribution in [0.15, 0.2) is 47.6 Å². The van der Waals surface area contributed by atoms with Crippen molar-refractivity contribution in [3.05, 3.63) is 58.1 Å². The molecule has 5 nitrogen and oxygen atoms in total. The highest BCUT2D eigenvalue weighted by atomic mass is 35.5. The summed E-state index contributed by atoms with van der Waals surface area (Å²) in [7, 11) is 1.60. The van der Waals surface area contributed by atoms with E-state index in [2.05, 4.69) is 15.8 Å². The Kier molecular flexibility index (Phi) is 6.46. The van der Waals surface area contributed by atoms with Gasteiger partial charge in [-0.1, -0.05) is 29.3 Å². The van der Waals surface area contributed by atoms with Crippen molar-refractivity contribution in [2.75, 3.05) is 19.0 Å². The third kappa shape index (κ3) is 5.15. The number of anilines is 1. The molecule has 0 aliphatic carbocycles. The SMILES string of the molecule is COc1ccc(NCC(=O)N/N=C(/C)c2ccc(Cl)c(Cl)c2)cc1. The third-order valence-corrected chi connectivity index (χ3v) is 3.97. The number of hydrazone groups is 1. The number of benzene rings is 2. The number of rotatable bonds is 6. The normalized spacial score (nSPS) is 11.1. The number of halogens is 2. The second-order valence-corrected chi connectivity index (χ2v) is 5.76. The van der Waals surface area contributed by atoms with Gasteiger partial charge in [-0.2, -0.15) is 5.10 Å². The first-order valence-corrected chi connectivity index (χ1v) is 7.91.